The van der Waals surface area contributed by atoms with Crippen LogP contribution in [-0.4, -0.2) is 17.7 Å². The Labute approximate surface area is 127 Å². The molecular weight excluding hydrogens is 296 g/mol. The molecule has 20 heavy (non-hydrogen) atoms. The third-order valence-corrected chi connectivity index (χ3v) is 4.93. The fourth-order valence-corrected chi connectivity index (χ4v) is 3.95. The zero-order valence-electron chi connectivity index (χ0n) is 11.3. The van der Waals surface area contributed by atoms with E-state index in [1.807, 2.05) is 0 Å². The van der Waals surface area contributed by atoms with Crippen LogP contribution in [0.4, 0.5) is 5.00 Å². The minimum atomic E-state index is -0.447. The molecular formula is C14H19ClN2O2S. The van der Waals surface area contributed by atoms with Crippen LogP contribution in [0.2, 0.25) is 0 Å². The number of rotatable bonds is 5. The van der Waals surface area contributed by atoms with Gasteiger partial charge in [-0.05, 0) is 37.7 Å². The molecule has 0 aromatic carbocycles. The number of amides is 2. The van der Waals surface area contributed by atoms with Gasteiger partial charge in [-0.25, -0.2) is 0 Å². The van der Waals surface area contributed by atoms with Gasteiger partial charge in [0.25, 0.3) is 5.91 Å². The van der Waals surface area contributed by atoms with Gasteiger partial charge < -0.3 is 11.1 Å². The van der Waals surface area contributed by atoms with Gasteiger partial charge in [-0.2, -0.15) is 0 Å². The summed E-state index contributed by atoms with van der Waals surface area (Å²) in [5, 5.41) is 3.44. The van der Waals surface area contributed by atoms with Crippen LogP contribution in [0.15, 0.2) is 0 Å². The average Bonchev–Trinajstić information content (AvgIpc) is 2.58. The van der Waals surface area contributed by atoms with Crippen molar-refractivity contribution >= 4 is 39.8 Å². The number of carbonyl (C=O) groups excluding carboxylic acids is 2. The number of thiophene rings is 1. The van der Waals surface area contributed by atoms with Crippen molar-refractivity contribution in [1.82, 2.24) is 0 Å². The summed E-state index contributed by atoms with van der Waals surface area (Å²) in [7, 11) is 0. The van der Waals surface area contributed by atoms with Crippen molar-refractivity contribution < 1.29 is 9.59 Å². The molecule has 4 nitrogen and oxygen atoms in total. The summed E-state index contributed by atoms with van der Waals surface area (Å²) < 4.78 is 0. The van der Waals surface area contributed by atoms with E-state index in [-0.39, 0.29) is 5.91 Å². The van der Waals surface area contributed by atoms with Gasteiger partial charge in [0.05, 0.1) is 5.56 Å². The molecule has 0 atom stereocenters. The van der Waals surface area contributed by atoms with Gasteiger partial charge in [0.15, 0.2) is 0 Å². The van der Waals surface area contributed by atoms with Crippen LogP contribution in [-0.2, 0) is 17.6 Å². The van der Waals surface area contributed by atoms with Gasteiger partial charge in [-0.1, -0.05) is 6.42 Å². The monoisotopic (exact) mass is 314 g/mol. The first kappa shape index (κ1) is 15.3. The van der Waals surface area contributed by atoms with Crippen molar-refractivity contribution in [1.29, 1.82) is 0 Å². The van der Waals surface area contributed by atoms with Crippen molar-refractivity contribution in [3.05, 3.63) is 16.0 Å². The number of primary amides is 1. The summed E-state index contributed by atoms with van der Waals surface area (Å²) in [5.41, 5.74) is 7.07. The second-order valence-electron chi connectivity index (χ2n) is 4.97. The van der Waals surface area contributed by atoms with E-state index in [2.05, 4.69) is 5.32 Å². The van der Waals surface area contributed by atoms with Gasteiger partial charge >= 0.3 is 0 Å². The summed E-state index contributed by atoms with van der Waals surface area (Å²) in [5.74, 6) is -0.0987. The first-order valence-electron chi connectivity index (χ1n) is 6.93. The van der Waals surface area contributed by atoms with E-state index in [1.54, 1.807) is 0 Å². The average molecular weight is 315 g/mol. The van der Waals surface area contributed by atoms with Crippen molar-refractivity contribution in [2.24, 2.45) is 5.73 Å². The van der Waals surface area contributed by atoms with E-state index in [0.717, 1.165) is 31.2 Å². The molecule has 1 aliphatic rings. The molecule has 0 saturated carbocycles. The Morgan fingerprint density at radius 1 is 1.25 bits per heavy atom. The summed E-state index contributed by atoms with van der Waals surface area (Å²) in [4.78, 5) is 24.7. The molecule has 0 radical (unpaired) electrons. The van der Waals surface area contributed by atoms with Crippen LogP contribution < -0.4 is 11.1 Å². The van der Waals surface area contributed by atoms with Crippen molar-refractivity contribution in [3.8, 4) is 0 Å². The van der Waals surface area contributed by atoms with Gasteiger partial charge in [0.1, 0.15) is 5.00 Å². The van der Waals surface area contributed by atoms with Crippen LogP contribution in [0.1, 0.15) is 52.9 Å². The van der Waals surface area contributed by atoms with Crippen LogP contribution in [0.3, 0.4) is 0 Å². The van der Waals surface area contributed by atoms with E-state index in [0.29, 0.717) is 29.3 Å². The molecule has 2 amide bonds. The molecule has 1 aliphatic carbocycles. The van der Waals surface area contributed by atoms with Crippen LogP contribution in [0.25, 0.3) is 0 Å². The van der Waals surface area contributed by atoms with Crippen molar-refractivity contribution in [3.63, 3.8) is 0 Å². The smallest absolute Gasteiger partial charge is 0.251 e. The molecule has 1 aromatic heterocycles. The summed E-state index contributed by atoms with van der Waals surface area (Å²) in [6.45, 7) is 0. The summed E-state index contributed by atoms with van der Waals surface area (Å²) >= 11 is 7.08. The molecule has 0 aliphatic heterocycles. The zero-order chi connectivity index (χ0) is 14.5. The van der Waals surface area contributed by atoms with Gasteiger partial charge in [-0.3, -0.25) is 9.59 Å². The summed E-state index contributed by atoms with van der Waals surface area (Å²) in [6, 6.07) is 0. The van der Waals surface area contributed by atoms with Gasteiger partial charge in [-0.15, -0.1) is 22.9 Å². The third kappa shape index (κ3) is 3.52. The predicted octanol–water partition coefficient (Wildman–Crippen LogP) is 3.07. The van der Waals surface area contributed by atoms with Crippen molar-refractivity contribution in [2.75, 3.05) is 11.2 Å². The van der Waals surface area contributed by atoms with Crippen molar-refractivity contribution in [2.45, 2.75) is 44.9 Å². The minimum absolute atomic E-state index is 0.107. The molecule has 0 unspecified atom stereocenters. The predicted molar refractivity (Wildman–Crippen MR) is 82.7 cm³/mol. The van der Waals surface area contributed by atoms with Crippen LogP contribution in [0, 0.1) is 0 Å². The molecule has 0 fully saturated rings. The highest BCUT2D eigenvalue weighted by atomic mass is 35.5. The molecule has 1 aromatic rings. The fraction of sp³-hybridized carbons (Fsp3) is 0.571. The zero-order valence-corrected chi connectivity index (χ0v) is 12.9. The van der Waals surface area contributed by atoms with E-state index in [1.165, 1.54) is 22.6 Å². The largest absolute Gasteiger partial charge is 0.365 e. The van der Waals surface area contributed by atoms with E-state index in [9.17, 15) is 9.59 Å². The normalized spacial score (nSPS) is 14.4. The maximum absolute atomic E-state index is 11.8. The lowest BCUT2D eigenvalue weighted by Crippen LogP contribution is -2.17. The number of nitrogens with two attached hydrogens (primary N) is 1. The van der Waals surface area contributed by atoms with Crippen LogP contribution in [0.5, 0.6) is 0 Å². The third-order valence-electron chi connectivity index (χ3n) is 3.46. The first-order chi connectivity index (χ1) is 9.63. The molecule has 1 heterocycles. The Kier molecular flexibility index (Phi) is 5.43. The molecule has 0 bridgehead atoms. The number of halogens is 1. The lowest BCUT2D eigenvalue weighted by molar-refractivity contribution is -0.116. The number of hydrogen-bond acceptors (Lipinski definition) is 3. The number of carbonyl (C=O) groups is 2. The Hall–Kier alpha value is -1.07. The summed E-state index contributed by atoms with van der Waals surface area (Å²) in [6.07, 6.45) is 6.22. The van der Waals surface area contributed by atoms with E-state index in [4.69, 9.17) is 17.3 Å². The van der Waals surface area contributed by atoms with E-state index >= 15 is 0 Å². The highest BCUT2D eigenvalue weighted by Gasteiger charge is 2.23. The number of anilines is 1. The number of nitrogens with one attached hydrogen (secondary N) is 1. The lowest BCUT2D eigenvalue weighted by Gasteiger charge is -2.05. The molecule has 110 valence electrons. The molecule has 6 heteroatoms. The fourth-order valence-electron chi connectivity index (χ4n) is 2.51. The van der Waals surface area contributed by atoms with Gasteiger partial charge in [0.2, 0.25) is 5.91 Å². The van der Waals surface area contributed by atoms with Crippen LogP contribution >= 0.6 is 22.9 Å². The number of alkyl halides is 1. The number of fused-ring (bicyclic) bond motifs is 1. The standard InChI is InChI=1S/C14H19ClN2O2S/c15-8-4-7-11(18)17-14-12(13(16)19)9-5-2-1-3-6-10(9)20-14/h1-8H2,(H2,16,19)(H,17,18). The maximum Gasteiger partial charge on any atom is 0.251 e. The first-order valence-corrected chi connectivity index (χ1v) is 8.28. The number of aryl methyl sites for hydroxylation is 1. The Balaban J connectivity index is 2.24. The second-order valence-corrected chi connectivity index (χ2v) is 6.46. The minimum Gasteiger partial charge on any atom is -0.365 e. The molecule has 0 spiro atoms. The Morgan fingerprint density at radius 2 is 2.00 bits per heavy atom. The Morgan fingerprint density at radius 3 is 2.70 bits per heavy atom. The SMILES string of the molecule is NC(=O)c1c(NC(=O)CCCCl)sc2c1CCCCC2. The van der Waals surface area contributed by atoms with Gasteiger partial charge in [0, 0.05) is 17.2 Å². The van der Waals surface area contributed by atoms with E-state index < -0.39 is 5.91 Å². The Bertz CT molecular complexity index is 514. The molecule has 2 rings (SSSR count). The molecule has 0 saturated heterocycles. The lowest BCUT2D eigenvalue weighted by atomic mass is 10.1. The highest BCUT2D eigenvalue weighted by Crippen LogP contribution is 2.37. The highest BCUT2D eigenvalue weighted by molar-refractivity contribution is 7.17. The topological polar surface area (TPSA) is 72.2 Å². The second kappa shape index (κ2) is 7.09. The number of hydrogen-bond donors (Lipinski definition) is 2. The molecule has 3 N–H and O–H groups in total. The quantitative estimate of drug-likeness (QED) is 0.647. The maximum atomic E-state index is 11.8.